The summed E-state index contributed by atoms with van der Waals surface area (Å²) in [5.74, 6) is 0.552. The van der Waals surface area contributed by atoms with Gasteiger partial charge in [0.25, 0.3) is 0 Å². The van der Waals surface area contributed by atoms with E-state index in [2.05, 4.69) is 15.3 Å². The van der Waals surface area contributed by atoms with E-state index in [1.54, 1.807) is 13.0 Å². The topological polar surface area (TPSA) is 58.0 Å². The number of nitrogens with one attached hydrogen (secondary N) is 1. The average molecular weight is 235 g/mol. The summed E-state index contributed by atoms with van der Waals surface area (Å²) in [5, 5.41) is 11.2. The van der Waals surface area contributed by atoms with Crippen LogP contribution in [-0.2, 0) is 6.54 Å². The molecular formula is C9H12F3N3O. The summed E-state index contributed by atoms with van der Waals surface area (Å²) in [5.41, 5.74) is 0.585. The lowest BCUT2D eigenvalue weighted by Crippen LogP contribution is -2.38. The van der Waals surface area contributed by atoms with Crippen molar-refractivity contribution >= 4 is 0 Å². The number of hydrogen-bond donors (Lipinski definition) is 2. The Morgan fingerprint density at radius 2 is 2.19 bits per heavy atom. The lowest BCUT2D eigenvalue weighted by molar-refractivity contribution is -0.201. The molecule has 7 heteroatoms. The van der Waals surface area contributed by atoms with Crippen molar-refractivity contribution in [2.75, 3.05) is 6.54 Å². The first-order valence-electron chi connectivity index (χ1n) is 4.63. The fraction of sp³-hybridized carbons (Fsp3) is 0.556. The molecule has 16 heavy (non-hydrogen) atoms. The number of rotatable bonds is 4. The van der Waals surface area contributed by atoms with Gasteiger partial charge in [0.2, 0.25) is 0 Å². The van der Waals surface area contributed by atoms with Gasteiger partial charge in [0.1, 0.15) is 5.82 Å². The van der Waals surface area contributed by atoms with Gasteiger partial charge in [-0.1, -0.05) is 0 Å². The quantitative estimate of drug-likeness (QED) is 0.810. The van der Waals surface area contributed by atoms with Gasteiger partial charge < -0.3 is 10.4 Å². The van der Waals surface area contributed by atoms with Crippen LogP contribution in [-0.4, -0.2) is 33.9 Å². The number of alkyl halides is 3. The first-order valence-corrected chi connectivity index (χ1v) is 4.63. The highest BCUT2D eigenvalue weighted by atomic mass is 19.4. The predicted molar refractivity (Wildman–Crippen MR) is 50.5 cm³/mol. The molecule has 1 atom stereocenters. The van der Waals surface area contributed by atoms with Crippen LogP contribution in [0.4, 0.5) is 13.2 Å². The second-order valence-corrected chi connectivity index (χ2v) is 3.28. The molecule has 0 fully saturated rings. The zero-order chi connectivity index (χ0) is 12.2. The van der Waals surface area contributed by atoms with Crippen LogP contribution >= 0.6 is 0 Å². The Bertz CT molecular complexity index is 343. The summed E-state index contributed by atoms with van der Waals surface area (Å²) in [7, 11) is 0. The van der Waals surface area contributed by atoms with Crippen molar-refractivity contribution in [1.82, 2.24) is 15.3 Å². The van der Waals surface area contributed by atoms with E-state index in [0.29, 0.717) is 11.5 Å². The highest BCUT2D eigenvalue weighted by Gasteiger charge is 2.37. The molecule has 0 aliphatic rings. The summed E-state index contributed by atoms with van der Waals surface area (Å²) in [6, 6.07) is 1.60. The Morgan fingerprint density at radius 3 is 2.75 bits per heavy atom. The van der Waals surface area contributed by atoms with Crippen LogP contribution in [0.15, 0.2) is 12.3 Å². The average Bonchev–Trinajstić information content (AvgIpc) is 2.16. The molecule has 0 aliphatic heterocycles. The van der Waals surface area contributed by atoms with Crippen LogP contribution in [0, 0.1) is 6.92 Å². The molecule has 1 unspecified atom stereocenters. The third-order valence-corrected chi connectivity index (χ3v) is 1.86. The zero-order valence-electron chi connectivity index (χ0n) is 8.62. The van der Waals surface area contributed by atoms with E-state index >= 15 is 0 Å². The molecule has 0 aromatic carbocycles. The van der Waals surface area contributed by atoms with Gasteiger partial charge >= 0.3 is 6.18 Å². The van der Waals surface area contributed by atoms with Crippen molar-refractivity contribution in [1.29, 1.82) is 0 Å². The Labute approximate surface area is 90.5 Å². The number of aliphatic hydroxyl groups excluding tert-OH is 1. The second kappa shape index (κ2) is 5.22. The van der Waals surface area contributed by atoms with Gasteiger partial charge in [-0.15, -0.1) is 0 Å². The molecule has 4 nitrogen and oxygen atoms in total. The van der Waals surface area contributed by atoms with E-state index in [1.807, 2.05) is 0 Å². The van der Waals surface area contributed by atoms with E-state index in [0.717, 1.165) is 0 Å². The number of aromatic nitrogens is 2. The Hall–Kier alpha value is -1.21. The largest absolute Gasteiger partial charge is 0.415 e. The van der Waals surface area contributed by atoms with Gasteiger partial charge in [0.05, 0.1) is 5.69 Å². The van der Waals surface area contributed by atoms with Gasteiger partial charge in [0, 0.05) is 19.3 Å². The van der Waals surface area contributed by atoms with E-state index < -0.39 is 18.8 Å². The maximum absolute atomic E-state index is 11.9. The molecule has 1 rings (SSSR count). The molecule has 0 aliphatic carbocycles. The molecule has 1 aromatic rings. The molecular weight excluding hydrogens is 223 g/mol. The molecule has 0 saturated heterocycles. The van der Waals surface area contributed by atoms with Crippen LogP contribution in [0.3, 0.4) is 0 Å². The predicted octanol–water partition coefficient (Wildman–Crippen LogP) is 0.798. The van der Waals surface area contributed by atoms with E-state index in [9.17, 15) is 13.2 Å². The maximum atomic E-state index is 11.9. The van der Waals surface area contributed by atoms with Crippen LogP contribution in [0.5, 0.6) is 0 Å². The van der Waals surface area contributed by atoms with Crippen LogP contribution < -0.4 is 5.32 Å². The number of halogens is 3. The first-order chi connectivity index (χ1) is 7.39. The van der Waals surface area contributed by atoms with Crippen LogP contribution in [0.2, 0.25) is 0 Å². The molecule has 90 valence electrons. The van der Waals surface area contributed by atoms with E-state index in [-0.39, 0.29) is 6.54 Å². The first kappa shape index (κ1) is 12.9. The third-order valence-electron chi connectivity index (χ3n) is 1.86. The van der Waals surface area contributed by atoms with Crippen molar-refractivity contribution in [3.63, 3.8) is 0 Å². The molecule has 0 radical (unpaired) electrons. The lowest BCUT2D eigenvalue weighted by atomic mass is 10.3. The minimum absolute atomic E-state index is 0.163. The molecule has 0 bridgehead atoms. The fourth-order valence-electron chi connectivity index (χ4n) is 1.06. The summed E-state index contributed by atoms with van der Waals surface area (Å²) >= 11 is 0. The number of hydrogen-bond acceptors (Lipinski definition) is 4. The molecule has 0 saturated carbocycles. The molecule has 1 aromatic heterocycles. The Kier molecular flexibility index (Phi) is 4.19. The smallest absolute Gasteiger partial charge is 0.382 e. The summed E-state index contributed by atoms with van der Waals surface area (Å²) in [6.45, 7) is 1.30. The van der Waals surface area contributed by atoms with E-state index in [1.165, 1.54) is 6.20 Å². The fourth-order valence-corrected chi connectivity index (χ4v) is 1.06. The van der Waals surface area contributed by atoms with Crippen molar-refractivity contribution in [2.24, 2.45) is 0 Å². The number of aliphatic hydroxyl groups is 1. The lowest BCUT2D eigenvalue weighted by Gasteiger charge is -2.14. The van der Waals surface area contributed by atoms with Crippen LogP contribution in [0.1, 0.15) is 11.5 Å². The van der Waals surface area contributed by atoms with Gasteiger partial charge in [0.15, 0.2) is 6.10 Å². The van der Waals surface area contributed by atoms with Gasteiger partial charge in [-0.3, -0.25) is 0 Å². The van der Waals surface area contributed by atoms with Crippen molar-refractivity contribution < 1.29 is 18.3 Å². The van der Waals surface area contributed by atoms with Crippen molar-refractivity contribution in [3.05, 3.63) is 23.8 Å². The minimum Gasteiger partial charge on any atom is -0.382 e. The van der Waals surface area contributed by atoms with Crippen molar-refractivity contribution in [2.45, 2.75) is 25.7 Å². The zero-order valence-corrected chi connectivity index (χ0v) is 8.62. The monoisotopic (exact) mass is 235 g/mol. The van der Waals surface area contributed by atoms with Gasteiger partial charge in [-0.25, -0.2) is 9.97 Å². The molecule has 0 spiro atoms. The van der Waals surface area contributed by atoms with Gasteiger partial charge in [-0.05, 0) is 13.0 Å². The van der Waals surface area contributed by atoms with Crippen LogP contribution in [0.25, 0.3) is 0 Å². The molecule has 1 heterocycles. The van der Waals surface area contributed by atoms with E-state index in [4.69, 9.17) is 5.11 Å². The summed E-state index contributed by atoms with van der Waals surface area (Å²) in [6.07, 6.45) is -5.41. The standard InChI is InChI=1S/C9H12F3N3O/c1-6-14-3-2-7(15-6)4-13-5-8(16)9(10,11)12/h2-3,8,13,16H,4-5H2,1H3. The normalized spacial score (nSPS) is 13.8. The highest BCUT2D eigenvalue weighted by molar-refractivity contribution is 5.01. The summed E-state index contributed by atoms with van der Waals surface area (Å²) < 4.78 is 35.8. The SMILES string of the molecule is Cc1nccc(CNCC(O)C(F)(F)F)n1. The number of nitrogens with zero attached hydrogens (tertiary/aromatic N) is 2. The van der Waals surface area contributed by atoms with Gasteiger partial charge in [-0.2, -0.15) is 13.2 Å². The molecule has 0 amide bonds. The van der Waals surface area contributed by atoms with Crippen molar-refractivity contribution in [3.8, 4) is 0 Å². The number of aryl methyl sites for hydroxylation is 1. The summed E-state index contributed by atoms with van der Waals surface area (Å²) in [4.78, 5) is 7.85. The minimum atomic E-state index is -4.59. The Balaban J connectivity index is 2.36. The highest BCUT2D eigenvalue weighted by Crippen LogP contribution is 2.19. The maximum Gasteiger partial charge on any atom is 0.415 e. The third kappa shape index (κ3) is 4.11. The molecule has 2 N–H and O–H groups in total. The second-order valence-electron chi connectivity index (χ2n) is 3.28. The Morgan fingerprint density at radius 1 is 1.50 bits per heavy atom.